The number of methoxy groups -OCH3 is 1. The summed E-state index contributed by atoms with van der Waals surface area (Å²) in [7, 11) is 1.62. The lowest BCUT2D eigenvalue weighted by Gasteiger charge is -2.08. The summed E-state index contributed by atoms with van der Waals surface area (Å²) in [5, 5.41) is 5.56. The molecule has 0 saturated heterocycles. The number of amides is 2. The molecule has 6 nitrogen and oxygen atoms in total. The Morgan fingerprint density at radius 1 is 1.24 bits per heavy atom. The summed E-state index contributed by atoms with van der Waals surface area (Å²) in [6.07, 6.45) is 6.12. The van der Waals surface area contributed by atoms with Gasteiger partial charge in [0.05, 0.1) is 18.5 Å². The number of carbonyl (C=O) groups is 1. The van der Waals surface area contributed by atoms with Gasteiger partial charge in [-0.3, -0.25) is 0 Å². The van der Waals surface area contributed by atoms with Crippen LogP contribution in [0.2, 0.25) is 0 Å². The van der Waals surface area contributed by atoms with Crippen LogP contribution in [0.15, 0.2) is 18.3 Å². The van der Waals surface area contributed by atoms with E-state index >= 15 is 0 Å². The Labute approximate surface area is 126 Å². The van der Waals surface area contributed by atoms with Gasteiger partial charge in [0.1, 0.15) is 6.61 Å². The molecular formula is C15H25N3O3. The number of nitrogens with zero attached hydrogens (tertiary/aromatic N) is 1. The van der Waals surface area contributed by atoms with E-state index in [9.17, 15) is 4.79 Å². The lowest BCUT2D eigenvalue weighted by Crippen LogP contribution is -2.29. The molecule has 21 heavy (non-hydrogen) atoms. The van der Waals surface area contributed by atoms with Crippen LogP contribution in [0.1, 0.15) is 32.6 Å². The smallest absolute Gasteiger partial charge is 0.319 e. The zero-order valence-electron chi connectivity index (χ0n) is 12.9. The average molecular weight is 295 g/mol. The molecule has 0 unspecified atom stereocenters. The zero-order valence-corrected chi connectivity index (χ0v) is 12.9. The highest BCUT2D eigenvalue weighted by molar-refractivity contribution is 5.88. The van der Waals surface area contributed by atoms with Gasteiger partial charge in [-0.15, -0.1) is 0 Å². The number of ether oxygens (including phenoxy) is 2. The van der Waals surface area contributed by atoms with E-state index in [1.54, 1.807) is 25.4 Å². The molecule has 0 spiro atoms. The minimum absolute atomic E-state index is 0.207. The molecule has 1 aromatic rings. The highest BCUT2D eigenvalue weighted by Crippen LogP contribution is 2.11. The predicted molar refractivity (Wildman–Crippen MR) is 82.8 cm³/mol. The second-order valence-corrected chi connectivity index (χ2v) is 4.67. The molecule has 1 rings (SSSR count). The van der Waals surface area contributed by atoms with Crippen molar-refractivity contribution in [2.24, 2.45) is 0 Å². The minimum Gasteiger partial charge on any atom is -0.475 e. The summed E-state index contributed by atoms with van der Waals surface area (Å²) in [4.78, 5) is 15.7. The van der Waals surface area contributed by atoms with E-state index in [1.807, 2.05) is 0 Å². The number of hydrogen-bond acceptors (Lipinski definition) is 4. The summed E-state index contributed by atoms with van der Waals surface area (Å²) < 4.78 is 10.2. The Morgan fingerprint density at radius 2 is 2.10 bits per heavy atom. The van der Waals surface area contributed by atoms with Crippen LogP contribution in [-0.4, -0.2) is 37.9 Å². The molecule has 2 amide bonds. The van der Waals surface area contributed by atoms with E-state index in [-0.39, 0.29) is 6.03 Å². The van der Waals surface area contributed by atoms with Crippen LogP contribution in [0.3, 0.4) is 0 Å². The van der Waals surface area contributed by atoms with Gasteiger partial charge in [-0.1, -0.05) is 26.2 Å². The molecule has 0 aromatic carbocycles. The fourth-order valence-corrected chi connectivity index (χ4v) is 1.70. The van der Waals surface area contributed by atoms with Crippen molar-refractivity contribution in [2.45, 2.75) is 32.6 Å². The molecule has 0 saturated carbocycles. The summed E-state index contributed by atoms with van der Waals surface area (Å²) >= 11 is 0. The number of carbonyl (C=O) groups excluding carboxylic acids is 1. The van der Waals surface area contributed by atoms with Crippen LogP contribution < -0.4 is 15.4 Å². The van der Waals surface area contributed by atoms with Crippen molar-refractivity contribution in [3.63, 3.8) is 0 Å². The number of rotatable bonds is 10. The van der Waals surface area contributed by atoms with E-state index in [0.29, 0.717) is 31.3 Å². The maximum absolute atomic E-state index is 11.6. The molecule has 118 valence electrons. The summed E-state index contributed by atoms with van der Waals surface area (Å²) in [6, 6.07) is 3.26. The molecule has 0 bridgehead atoms. The first-order chi connectivity index (χ1) is 10.3. The molecule has 0 atom stereocenters. The zero-order chi connectivity index (χ0) is 15.3. The van der Waals surface area contributed by atoms with Gasteiger partial charge in [0.15, 0.2) is 0 Å². The second-order valence-electron chi connectivity index (χ2n) is 4.67. The molecule has 0 radical (unpaired) electrons. The fraction of sp³-hybridized carbons (Fsp3) is 0.600. The molecule has 1 heterocycles. The van der Waals surface area contributed by atoms with Crippen LogP contribution in [-0.2, 0) is 4.74 Å². The molecule has 2 N–H and O–H groups in total. The Balaban J connectivity index is 2.23. The highest BCUT2D eigenvalue weighted by Gasteiger charge is 2.02. The third kappa shape index (κ3) is 8.14. The number of nitrogens with one attached hydrogen (secondary N) is 2. The Morgan fingerprint density at radius 3 is 2.76 bits per heavy atom. The number of hydrogen-bond donors (Lipinski definition) is 2. The van der Waals surface area contributed by atoms with Crippen molar-refractivity contribution >= 4 is 11.7 Å². The molecule has 1 aromatic heterocycles. The van der Waals surface area contributed by atoms with E-state index < -0.39 is 0 Å². The lowest BCUT2D eigenvalue weighted by molar-refractivity contribution is 0.144. The van der Waals surface area contributed by atoms with Crippen LogP contribution in [0.25, 0.3) is 0 Å². The Bertz CT molecular complexity index is 396. The van der Waals surface area contributed by atoms with Gasteiger partial charge in [0.2, 0.25) is 5.88 Å². The van der Waals surface area contributed by atoms with E-state index in [4.69, 9.17) is 9.47 Å². The average Bonchev–Trinajstić information content (AvgIpc) is 2.49. The lowest BCUT2D eigenvalue weighted by atomic mass is 10.2. The molecule has 0 aliphatic rings. The van der Waals surface area contributed by atoms with Gasteiger partial charge in [-0.05, 0) is 12.5 Å². The van der Waals surface area contributed by atoms with Crippen LogP contribution in [0.4, 0.5) is 10.5 Å². The maximum Gasteiger partial charge on any atom is 0.319 e. The maximum atomic E-state index is 11.6. The van der Waals surface area contributed by atoms with Gasteiger partial charge in [0, 0.05) is 19.7 Å². The van der Waals surface area contributed by atoms with Crippen molar-refractivity contribution in [2.75, 3.05) is 32.2 Å². The summed E-state index contributed by atoms with van der Waals surface area (Å²) in [5.74, 6) is 0.512. The Hall–Kier alpha value is -1.82. The Kier molecular flexibility index (Phi) is 8.95. The van der Waals surface area contributed by atoms with Crippen molar-refractivity contribution in [3.05, 3.63) is 18.3 Å². The number of anilines is 1. The van der Waals surface area contributed by atoms with Crippen molar-refractivity contribution < 1.29 is 14.3 Å². The minimum atomic E-state index is -0.207. The summed E-state index contributed by atoms with van der Waals surface area (Å²) in [5.41, 5.74) is 0.639. The predicted octanol–water partition coefficient (Wildman–Crippen LogP) is 2.81. The molecule has 0 aliphatic carbocycles. The van der Waals surface area contributed by atoms with Crippen LogP contribution in [0, 0.1) is 0 Å². The first kappa shape index (κ1) is 17.2. The van der Waals surface area contributed by atoms with E-state index in [0.717, 1.165) is 12.8 Å². The molecular weight excluding hydrogens is 270 g/mol. The van der Waals surface area contributed by atoms with Gasteiger partial charge in [-0.25, -0.2) is 9.78 Å². The van der Waals surface area contributed by atoms with Crippen LogP contribution >= 0.6 is 0 Å². The topological polar surface area (TPSA) is 72.5 Å². The van der Waals surface area contributed by atoms with E-state index in [2.05, 4.69) is 22.5 Å². The second kappa shape index (κ2) is 10.9. The van der Waals surface area contributed by atoms with Crippen molar-refractivity contribution in [3.8, 4) is 5.88 Å². The number of aromatic nitrogens is 1. The van der Waals surface area contributed by atoms with E-state index in [1.165, 1.54) is 12.8 Å². The van der Waals surface area contributed by atoms with Crippen molar-refractivity contribution in [1.29, 1.82) is 0 Å². The van der Waals surface area contributed by atoms with Crippen molar-refractivity contribution in [1.82, 2.24) is 10.3 Å². The van der Waals surface area contributed by atoms with Gasteiger partial charge < -0.3 is 20.1 Å². The SMILES string of the molecule is CCCCCCNC(=O)Nc1ccc(OCCOC)nc1. The number of unbranched alkanes of at least 4 members (excludes halogenated alkanes) is 3. The van der Waals surface area contributed by atoms with Gasteiger partial charge in [0.25, 0.3) is 0 Å². The monoisotopic (exact) mass is 295 g/mol. The van der Waals surface area contributed by atoms with Gasteiger partial charge >= 0.3 is 6.03 Å². The number of urea groups is 1. The molecule has 0 fully saturated rings. The third-order valence-corrected chi connectivity index (χ3v) is 2.85. The normalized spacial score (nSPS) is 10.2. The highest BCUT2D eigenvalue weighted by atomic mass is 16.5. The number of pyridine rings is 1. The summed E-state index contributed by atoms with van der Waals surface area (Å²) in [6.45, 7) is 3.82. The van der Waals surface area contributed by atoms with Crippen LogP contribution in [0.5, 0.6) is 5.88 Å². The largest absolute Gasteiger partial charge is 0.475 e. The standard InChI is InChI=1S/C15H25N3O3/c1-3-4-5-6-9-16-15(19)18-13-7-8-14(17-12-13)21-11-10-20-2/h7-8,12H,3-6,9-11H2,1-2H3,(H2,16,18,19). The molecule has 0 aliphatic heterocycles. The first-order valence-corrected chi connectivity index (χ1v) is 7.39. The third-order valence-electron chi connectivity index (χ3n) is 2.85. The van der Waals surface area contributed by atoms with Gasteiger partial charge in [-0.2, -0.15) is 0 Å². The fourth-order valence-electron chi connectivity index (χ4n) is 1.70. The molecule has 6 heteroatoms. The first-order valence-electron chi connectivity index (χ1n) is 7.39. The quantitative estimate of drug-likeness (QED) is 0.651.